The monoisotopic (exact) mass is 386 g/mol. The molecule has 2 N–H and O–H groups in total. The lowest BCUT2D eigenvalue weighted by atomic mass is 9.80. The first kappa shape index (κ1) is 19.5. The summed E-state index contributed by atoms with van der Waals surface area (Å²) in [4.78, 5) is 18.7. The van der Waals surface area contributed by atoms with Gasteiger partial charge in [0.15, 0.2) is 0 Å². The Labute approximate surface area is 166 Å². The van der Waals surface area contributed by atoms with Crippen LogP contribution < -0.4 is 15.5 Å². The van der Waals surface area contributed by atoms with Gasteiger partial charge < -0.3 is 15.5 Å². The van der Waals surface area contributed by atoms with E-state index in [0.29, 0.717) is 17.5 Å². The molecule has 0 spiro atoms. The number of aromatic nitrogens is 1. The van der Waals surface area contributed by atoms with Gasteiger partial charge in [0.05, 0.1) is 0 Å². The van der Waals surface area contributed by atoms with Crippen LogP contribution in [0.15, 0.2) is 42.6 Å². The zero-order chi connectivity index (χ0) is 19.2. The quantitative estimate of drug-likeness (QED) is 0.751. The molecule has 0 atom stereocenters. The summed E-state index contributed by atoms with van der Waals surface area (Å²) in [5.41, 5.74) is 3.30. The van der Waals surface area contributed by atoms with Crippen molar-refractivity contribution in [2.24, 2.45) is 5.92 Å². The van der Waals surface area contributed by atoms with Gasteiger partial charge in [0.2, 0.25) is 0 Å². The molecule has 1 aromatic carbocycles. The van der Waals surface area contributed by atoms with Crippen LogP contribution in [0.1, 0.15) is 31.0 Å². The molecule has 0 unspecified atom stereocenters. The lowest BCUT2D eigenvalue weighted by Gasteiger charge is -2.39. The number of nitrogens with zero attached hydrogens (tertiary/aromatic N) is 2. The Morgan fingerprint density at radius 1 is 1.26 bits per heavy atom. The number of benzene rings is 1. The number of rotatable bonds is 7. The Balaban J connectivity index is 1.38. The second-order valence-corrected chi connectivity index (χ2v) is 7.62. The summed E-state index contributed by atoms with van der Waals surface area (Å²) in [6, 6.07) is 11.8. The van der Waals surface area contributed by atoms with Gasteiger partial charge in [-0.1, -0.05) is 23.7 Å². The summed E-state index contributed by atoms with van der Waals surface area (Å²) < 4.78 is 0. The van der Waals surface area contributed by atoms with E-state index in [2.05, 4.69) is 39.6 Å². The van der Waals surface area contributed by atoms with Crippen LogP contribution in [0.5, 0.6) is 0 Å². The number of carbonyl (C=O) groups excluding carboxylic acids is 1. The van der Waals surface area contributed by atoms with Crippen LogP contribution in [0, 0.1) is 12.8 Å². The van der Waals surface area contributed by atoms with Crippen LogP contribution in [0.2, 0.25) is 5.02 Å². The molecule has 1 aliphatic rings. The Morgan fingerprint density at radius 2 is 2.00 bits per heavy atom. The van der Waals surface area contributed by atoms with E-state index in [1.165, 1.54) is 5.69 Å². The fraction of sp³-hybridized carbons (Fsp3) is 0.429. The summed E-state index contributed by atoms with van der Waals surface area (Å²) in [7, 11) is 0. The van der Waals surface area contributed by atoms with Crippen molar-refractivity contribution in [2.45, 2.75) is 39.3 Å². The number of urea groups is 1. The van der Waals surface area contributed by atoms with Gasteiger partial charge >= 0.3 is 6.03 Å². The van der Waals surface area contributed by atoms with Gasteiger partial charge in [-0.2, -0.15) is 0 Å². The summed E-state index contributed by atoms with van der Waals surface area (Å²) in [5.74, 6) is 0.611. The molecular weight excluding hydrogens is 360 g/mol. The second kappa shape index (κ2) is 9.09. The second-order valence-electron chi connectivity index (χ2n) is 7.18. The molecule has 1 saturated carbocycles. The lowest BCUT2D eigenvalue weighted by Crippen LogP contribution is -2.50. The van der Waals surface area contributed by atoms with Crippen LogP contribution >= 0.6 is 11.6 Å². The minimum absolute atomic E-state index is 0.106. The van der Waals surface area contributed by atoms with E-state index in [1.807, 2.05) is 37.4 Å². The van der Waals surface area contributed by atoms with E-state index >= 15 is 0 Å². The van der Waals surface area contributed by atoms with Crippen LogP contribution in [0.25, 0.3) is 0 Å². The smallest absolute Gasteiger partial charge is 0.315 e. The molecule has 5 nitrogen and oxygen atoms in total. The first-order valence-electron chi connectivity index (χ1n) is 9.50. The Morgan fingerprint density at radius 3 is 2.67 bits per heavy atom. The Kier molecular flexibility index (Phi) is 6.56. The predicted molar refractivity (Wildman–Crippen MR) is 110 cm³/mol. The van der Waals surface area contributed by atoms with Crippen molar-refractivity contribution in [1.82, 2.24) is 15.6 Å². The average molecular weight is 387 g/mol. The Bertz CT molecular complexity index is 759. The molecule has 144 valence electrons. The summed E-state index contributed by atoms with van der Waals surface area (Å²) in [6.45, 7) is 6.69. The number of carbonyl (C=O) groups is 1. The van der Waals surface area contributed by atoms with Crippen molar-refractivity contribution in [1.29, 1.82) is 0 Å². The number of halogens is 1. The maximum absolute atomic E-state index is 12.1. The maximum atomic E-state index is 12.1. The third-order valence-electron chi connectivity index (χ3n) is 5.04. The molecule has 2 amide bonds. The van der Waals surface area contributed by atoms with Crippen molar-refractivity contribution in [3.05, 3.63) is 58.9 Å². The number of pyridine rings is 1. The molecule has 1 fully saturated rings. The van der Waals surface area contributed by atoms with E-state index in [0.717, 1.165) is 37.2 Å². The molecule has 0 bridgehead atoms. The van der Waals surface area contributed by atoms with Gasteiger partial charge in [0.25, 0.3) is 0 Å². The number of nitrogens with one attached hydrogen (secondary N) is 2. The highest BCUT2D eigenvalue weighted by atomic mass is 35.5. The van der Waals surface area contributed by atoms with E-state index < -0.39 is 0 Å². The summed E-state index contributed by atoms with van der Waals surface area (Å²) in [6.07, 6.45) is 3.91. The number of hydrogen-bond acceptors (Lipinski definition) is 3. The summed E-state index contributed by atoms with van der Waals surface area (Å²) in [5, 5.41) is 6.67. The van der Waals surface area contributed by atoms with Gasteiger partial charge in [-0.15, -0.1) is 0 Å². The van der Waals surface area contributed by atoms with Crippen molar-refractivity contribution in [2.75, 3.05) is 18.0 Å². The molecule has 6 heteroatoms. The third kappa shape index (κ3) is 5.60. The van der Waals surface area contributed by atoms with Crippen molar-refractivity contribution >= 4 is 23.3 Å². The van der Waals surface area contributed by atoms with Crippen molar-refractivity contribution in [3.63, 3.8) is 0 Å². The van der Waals surface area contributed by atoms with Gasteiger partial charge in [-0.25, -0.2) is 4.79 Å². The van der Waals surface area contributed by atoms with Gasteiger partial charge in [-0.3, -0.25) is 4.98 Å². The van der Waals surface area contributed by atoms with Crippen LogP contribution in [-0.2, 0) is 6.54 Å². The van der Waals surface area contributed by atoms with Gasteiger partial charge in [-0.05, 0) is 62.4 Å². The van der Waals surface area contributed by atoms with E-state index in [-0.39, 0.29) is 12.1 Å². The van der Waals surface area contributed by atoms with Crippen molar-refractivity contribution in [3.8, 4) is 0 Å². The normalized spacial score (nSPS) is 18.5. The fourth-order valence-electron chi connectivity index (χ4n) is 3.48. The van der Waals surface area contributed by atoms with Crippen LogP contribution in [0.3, 0.4) is 0 Å². The molecule has 27 heavy (non-hydrogen) atoms. The molecule has 1 heterocycles. The number of anilines is 1. The molecule has 2 aromatic rings. The summed E-state index contributed by atoms with van der Waals surface area (Å²) >= 11 is 5.87. The Hall–Kier alpha value is -2.27. The van der Waals surface area contributed by atoms with E-state index in [1.54, 1.807) is 0 Å². The minimum atomic E-state index is -0.106. The zero-order valence-electron chi connectivity index (χ0n) is 15.9. The van der Waals surface area contributed by atoms with Crippen LogP contribution in [-0.4, -0.2) is 30.1 Å². The van der Waals surface area contributed by atoms with E-state index in [4.69, 9.17) is 11.6 Å². The first-order chi connectivity index (χ1) is 13.0. The minimum Gasteiger partial charge on any atom is -0.371 e. The van der Waals surface area contributed by atoms with Crippen molar-refractivity contribution < 1.29 is 4.79 Å². The van der Waals surface area contributed by atoms with Gasteiger partial charge in [0.1, 0.15) is 0 Å². The molecule has 0 aliphatic heterocycles. The fourth-order valence-corrected chi connectivity index (χ4v) is 3.61. The number of aryl methyl sites for hydroxylation is 1. The molecule has 0 saturated heterocycles. The molecule has 3 rings (SSSR count). The average Bonchev–Trinajstić information content (AvgIpc) is 2.63. The first-order valence-corrected chi connectivity index (χ1v) is 9.87. The highest BCUT2D eigenvalue weighted by Gasteiger charge is 2.31. The topological polar surface area (TPSA) is 57.3 Å². The lowest BCUT2D eigenvalue weighted by molar-refractivity contribution is 0.204. The largest absolute Gasteiger partial charge is 0.371 e. The predicted octanol–water partition coefficient (Wildman–Crippen LogP) is 4.15. The SMILES string of the molecule is CCN(CC1CC(NC(=O)NCc2ccc(Cl)cc2)C1)c1ccnc(C)c1. The molecule has 1 aromatic heterocycles. The van der Waals surface area contributed by atoms with E-state index in [9.17, 15) is 4.79 Å². The number of hydrogen-bond donors (Lipinski definition) is 2. The van der Waals surface area contributed by atoms with Gasteiger partial charge in [0, 0.05) is 48.3 Å². The molecular formula is C21H27ClN4O. The molecule has 1 aliphatic carbocycles. The third-order valence-corrected chi connectivity index (χ3v) is 5.29. The van der Waals surface area contributed by atoms with Crippen LogP contribution in [0.4, 0.5) is 10.5 Å². The number of amides is 2. The molecule has 0 radical (unpaired) electrons. The standard InChI is InChI=1S/C21H27ClN4O/c1-3-26(20-8-9-23-15(2)10-20)14-17-11-19(12-17)25-21(27)24-13-16-4-6-18(22)7-5-16/h4-10,17,19H,3,11-14H2,1-2H3,(H2,24,25,27). The zero-order valence-corrected chi connectivity index (χ0v) is 16.7. The maximum Gasteiger partial charge on any atom is 0.315 e. The highest BCUT2D eigenvalue weighted by molar-refractivity contribution is 6.30. The highest BCUT2D eigenvalue weighted by Crippen LogP contribution is 2.29.